The third kappa shape index (κ3) is 5.55. The molecule has 0 aliphatic rings. The zero-order chi connectivity index (χ0) is 14.3. The first-order chi connectivity index (χ1) is 9.06. The highest BCUT2D eigenvalue weighted by Gasteiger charge is 2.15. The SMILES string of the molecule is CCCNC(Cc1cc(OCC)nc(C)n1)C(C)C. The Balaban J connectivity index is 2.77. The molecule has 0 saturated heterocycles. The third-order valence-corrected chi connectivity index (χ3v) is 3.05. The zero-order valence-electron chi connectivity index (χ0n) is 12.9. The minimum absolute atomic E-state index is 0.448. The van der Waals surface area contributed by atoms with Gasteiger partial charge in [-0.1, -0.05) is 20.8 Å². The topological polar surface area (TPSA) is 47.0 Å². The standard InChI is InChI=1S/C15H27N3O/c1-6-8-16-14(11(3)4)9-13-10-15(19-7-2)18-12(5)17-13/h10-11,14,16H,6-9H2,1-5H3. The van der Waals surface area contributed by atoms with Crippen LogP contribution in [0.25, 0.3) is 0 Å². The van der Waals surface area contributed by atoms with Crippen LogP contribution >= 0.6 is 0 Å². The molecule has 0 aromatic carbocycles. The minimum atomic E-state index is 0.448. The van der Waals surface area contributed by atoms with E-state index < -0.39 is 0 Å². The Bertz CT molecular complexity index is 380. The van der Waals surface area contributed by atoms with Crippen molar-refractivity contribution in [3.8, 4) is 5.88 Å². The molecule has 1 aromatic heterocycles. The smallest absolute Gasteiger partial charge is 0.216 e. The van der Waals surface area contributed by atoms with Gasteiger partial charge in [0, 0.05) is 24.2 Å². The maximum atomic E-state index is 5.48. The molecule has 0 fully saturated rings. The van der Waals surface area contributed by atoms with Gasteiger partial charge >= 0.3 is 0 Å². The van der Waals surface area contributed by atoms with Crippen molar-refractivity contribution in [2.45, 2.75) is 53.5 Å². The highest BCUT2D eigenvalue weighted by atomic mass is 16.5. The molecular weight excluding hydrogens is 238 g/mol. The first-order valence-corrected chi connectivity index (χ1v) is 7.27. The molecule has 1 unspecified atom stereocenters. The summed E-state index contributed by atoms with van der Waals surface area (Å²) in [5.41, 5.74) is 1.05. The lowest BCUT2D eigenvalue weighted by atomic mass is 9.99. The van der Waals surface area contributed by atoms with Crippen LogP contribution in [0.1, 0.15) is 45.6 Å². The Morgan fingerprint density at radius 1 is 1.26 bits per heavy atom. The van der Waals surface area contributed by atoms with E-state index in [0.717, 1.165) is 30.9 Å². The molecular formula is C15H27N3O. The molecule has 1 heterocycles. The number of rotatable bonds is 8. The van der Waals surface area contributed by atoms with Crippen LogP contribution in [0, 0.1) is 12.8 Å². The van der Waals surface area contributed by atoms with Gasteiger partial charge in [0.15, 0.2) is 0 Å². The molecule has 0 aliphatic heterocycles. The molecule has 0 aliphatic carbocycles. The van der Waals surface area contributed by atoms with E-state index >= 15 is 0 Å². The lowest BCUT2D eigenvalue weighted by molar-refractivity contribution is 0.323. The molecule has 0 amide bonds. The van der Waals surface area contributed by atoms with Gasteiger partial charge < -0.3 is 10.1 Å². The molecule has 4 nitrogen and oxygen atoms in total. The van der Waals surface area contributed by atoms with Crippen molar-refractivity contribution in [3.05, 3.63) is 17.6 Å². The van der Waals surface area contributed by atoms with Crippen molar-refractivity contribution < 1.29 is 4.74 Å². The first-order valence-electron chi connectivity index (χ1n) is 7.27. The zero-order valence-corrected chi connectivity index (χ0v) is 12.9. The average molecular weight is 265 g/mol. The Kier molecular flexibility index (Phi) is 6.78. The summed E-state index contributed by atoms with van der Waals surface area (Å²) < 4.78 is 5.48. The molecule has 0 bridgehead atoms. The average Bonchev–Trinajstić information content (AvgIpc) is 2.33. The molecule has 1 N–H and O–H groups in total. The Morgan fingerprint density at radius 3 is 2.58 bits per heavy atom. The van der Waals surface area contributed by atoms with E-state index in [9.17, 15) is 0 Å². The fourth-order valence-electron chi connectivity index (χ4n) is 2.02. The molecule has 0 radical (unpaired) electrons. The predicted octanol–water partition coefficient (Wildman–Crippen LogP) is 2.75. The Labute approximate surface area is 117 Å². The summed E-state index contributed by atoms with van der Waals surface area (Å²) in [5.74, 6) is 2.04. The second kappa shape index (κ2) is 8.10. The number of nitrogens with zero attached hydrogens (tertiary/aromatic N) is 2. The summed E-state index contributed by atoms with van der Waals surface area (Å²) in [6, 6.07) is 2.41. The van der Waals surface area contributed by atoms with Crippen LogP contribution < -0.4 is 10.1 Å². The van der Waals surface area contributed by atoms with Gasteiger partial charge in [0.25, 0.3) is 0 Å². The summed E-state index contributed by atoms with van der Waals surface area (Å²) in [7, 11) is 0. The molecule has 1 rings (SSSR count). The monoisotopic (exact) mass is 265 g/mol. The predicted molar refractivity (Wildman–Crippen MR) is 78.6 cm³/mol. The number of nitrogens with one attached hydrogen (secondary N) is 1. The van der Waals surface area contributed by atoms with E-state index in [-0.39, 0.29) is 0 Å². The Morgan fingerprint density at radius 2 is 2.00 bits per heavy atom. The van der Waals surface area contributed by atoms with Gasteiger partial charge in [0.05, 0.1) is 6.61 Å². The third-order valence-electron chi connectivity index (χ3n) is 3.05. The van der Waals surface area contributed by atoms with Crippen LogP contribution in [0.3, 0.4) is 0 Å². The molecule has 0 spiro atoms. The van der Waals surface area contributed by atoms with Crippen molar-refractivity contribution in [1.29, 1.82) is 0 Å². The number of ether oxygens (including phenoxy) is 1. The van der Waals surface area contributed by atoms with Gasteiger partial charge in [-0.25, -0.2) is 4.98 Å². The van der Waals surface area contributed by atoms with Crippen LogP contribution in [-0.2, 0) is 6.42 Å². The molecule has 1 atom stereocenters. The van der Waals surface area contributed by atoms with E-state index in [2.05, 4.69) is 36.1 Å². The van der Waals surface area contributed by atoms with Crippen molar-refractivity contribution in [2.24, 2.45) is 5.92 Å². The van der Waals surface area contributed by atoms with E-state index in [0.29, 0.717) is 24.4 Å². The largest absolute Gasteiger partial charge is 0.478 e. The quantitative estimate of drug-likeness (QED) is 0.785. The van der Waals surface area contributed by atoms with Gasteiger partial charge in [-0.2, -0.15) is 4.98 Å². The molecule has 19 heavy (non-hydrogen) atoms. The summed E-state index contributed by atoms with van der Waals surface area (Å²) >= 11 is 0. The van der Waals surface area contributed by atoms with Gasteiger partial charge in [-0.3, -0.25) is 0 Å². The van der Waals surface area contributed by atoms with E-state index in [1.165, 1.54) is 0 Å². The van der Waals surface area contributed by atoms with Gasteiger partial charge in [0.2, 0.25) is 5.88 Å². The van der Waals surface area contributed by atoms with Crippen LogP contribution in [0.15, 0.2) is 6.07 Å². The molecule has 0 saturated carbocycles. The van der Waals surface area contributed by atoms with Crippen molar-refractivity contribution in [1.82, 2.24) is 15.3 Å². The fraction of sp³-hybridized carbons (Fsp3) is 0.733. The minimum Gasteiger partial charge on any atom is -0.478 e. The maximum absolute atomic E-state index is 5.48. The molecule has 1 aromatic rings. The van der Waals surface area contributed by atoms with Crippen LogP contribution in [-0.4, -0.2) is 29.2 Å². The highest BCUT2D eigenvalue weighted by Crippen LogP contribution is 2.14. The molecule has 4 heteroatoms. The second-order valence-electron chi connectivity index (χ2n) is 5.19. The van der Waals surface area contributed by atoms with Crippen molar-refractivity contribution in [2.75, 3.05) is 13.2 Å². The van der Waals surface area contributed by atoms with Crippen molar-refractivity contribution in [3.63, 3.8) is 0 Å². The van der Waals surface area contributed by atoms with E-state index in [4.69, 9.17) is 4.74 Å². The maximum Gasteiger partial charge on any atom is 0.216 e. The lowest BCUT2D eigenvalue weighted by Gasteiger charge is -2.22. The summed E-state index contributed by atoms with van der Waals surface area (Å²) in [5, 5.41) is 3.59. The van der Waals surface area contributed by atoms with Gasteiger partial charge in [-0.05, 0) is 32.7 Å². The van der Waals surface area contributed by atoms with Crippen LogP contribution in [0.5, 0.6) is 5.88 Å². The number of aryl methyl sites for hydroxylation is 1. The van der Waals surface area contributed by atoms with Gasteiger partial charge in [-0.15, -0.1) is 0 Å². The van der Waals surface area contributed by atoms with E-state index in [1.807, 2.05) is 19.9 Å². The fourth-order valence-corrected chi connectivity index (χ4v) is 2.02. The normalized spacial score (nSPS) is 12.7. The number of aromatic nitrogens is 2. The van der Waals surface area contributed by atoms with Crippen LogP contribution in [0.2, 0.25) is 0 Å². The first kappa shape index (κ1) is 15.9. The number of hydrogen-bond donors (Lipinski definition) is 1. The summed E-state index contributed by atoms with van der Waals surface area (Å²) in [4.78, 5) is 8.80. The van der Waals surface area contributed by atoms with E-state index in [1.54, 1.807) is 0 Å². The second-order valence-corrected chi connectivity index (χ2v) is 5.19. The summed E-state index contributed by atoms with van der Waals surface area (Å²) in [6.45, 7) is 12.2. The van der Waals surface area contributed by atoms with Gasteiger partial charge in [0.1, 0.15) is 5.82 Å². The highest BCUT2D eigenvalue weighted by molar-refractivity contribution is 5.17. The summed E-state index contributed by atoms with van der Waals surface area (Å²) in [6.07, 6.45) is 2.07. The lowest BCUT2D eigenvalue weighted by Crippen LogP contribution is -2.36. The van der Waals surface area contributed by atoms with Crippen molar-refractivity contribution >= 4 is 0 Å². The number of hydrogen-bond acceptors (Lipinski definition) is 4. The molecule has 108 valence electrons. The Hall–Kier alpha value is -1.16. The van der Waals surface area contributed by atoms with Crippen LogP contribution in [0.4, 0.5) is 0 Å².